The van der Waals surface area contributed by atoms with Crippen molar-refractivity contribution in [3.05, 3.63) is 58.6 Å². The molecule has 0 spiro atoms. The highest BCUT2D eigenvalue weighted by Crippen LogP contribution is 2.19. The number of hydrogen-bond acceptors (Lipinski definition) is 3. The van der Waals surface area contributed by atoms with E-state index in [1.807, 2.05) is 11.9 Å². The summed E-state index contributed by atoms with van der Waals surface area (Å²) < 4.78 is 33.0. The molecule has 0 saturated heterocycles. The van der Waals surface area contributed by atoms with Gasteiger partial charge in [0.2, 0.25) is 5.91 Å². The summed E-state index contributed by atoms with van der Waals surface area (Å²) >= 11 is 3.16. The fourth-order valence-corrected chi connectivity index (χ4v) is 2.41. The summed E-state index contributed by atoms with van der Waals surface area (Å²) in [5, 5.41) is 2.54. The van der Waals surface area contributed by atoms with Crippen LogP contribution in [0, 0.1) is 11.6 Å². The van der Waals surface area contributed by atoms with Crippen LogP contribution in [0.1, 0.15) is 6.42 Å². The molecule has 0 atom stereocenters. The van der Waals surface area contributed by atoms with E-state index in [1.54, 1.807) is 24.3 Å². The molecule has 2 aromatic carbocycles. The molecule has 134 valence electrons. The van der Waals surface area contributed by atoms with E-state index in [0.717, 1.165) is 0 Å². The Kier molecular flexibility index (Phi) is 7.33. The number of carbonyl (C=O) groups is 1. The fourth-order valence-electron chi connectivity index (χ4n) is 2.08. The van der Waals surface area contributed by atoms with Crippen molar-refractivity contribution < 1.29 is 18.3 Å². The van der Waals surface area contributed by atoms with E-state index in [2.05, 4.69) is 21.2 Å². The monoisotopic (exact) mass is 412 g/mol. The van der Waals surface area contributed by atoms with E-state index in [1.165, 1.54) is 18.2 Å². The molecule has 0 aliphatic carbocycles. The number of hydrogen-bond donors (Lipinski definition) is 1. The predicted octanol–water partition coefficient (Wildman–Crippen LogP) is 4.07. The summed E-state index contributed by atoms with van der Waals surface area (Å²) in [6.45, 7) is 1.32. The Balaban J connectivity index is 1.69. The van der Waals surface area contributed by atoms with E-state index in [9.17, 15) is 13.6 Å². The van der Waals surface area contributed by atoms with Gasteiger partial charge in [0.1, 0.15) is 12.4 Å². The van der Waals surface area contributed by atoms with Crippen LogP contribution in [-0.4, -0.2) is 37.6 Å². The molecule has 0 saturated carbocycles. The van der Waals surface area contributed by atoms with E-state index < -0.39 is 11.6 Å². The first-order chi connectivity index (χ1) is 12.0. The molecular formula is C18H19BrF2N2O2. The molecule has 25 heavy (non-hydrogen) atoms. The molecule has 2 rings (SSSR count). The molecule has 1 N–H and O–H groups in total. The molecule has 0 fully saturated rings. The van der Waals surface area contributed by atoms with Crippen molar-refractivity contribution in [3.63, 3.8) is 0 Å². The topological polar surface area (TPSA) is 41.6 Å². The van der Waals surface area contributed by atoms with E-state index in [0.29, 0.717) is 24.2 Å². The minimum absolute atomic E-state index is 0.152. The van der Waals surface area contributed by atoms with Crippen molar-refractivity contribution in [1.29, 1.82) is 0 Å². The van der Waals surface area contributed by atoms with Gasteiger partial charge in [0.25, 0.3) is 0 Å². The number of halogens is 3. The van der Waals surface area contributed by atoms with Crippen LogP contribution in [0.25, 0.3) is 0 Å². The lowest BCUT2D eigenvalue weighted by atomic mass is 10.3. The van der Waals surface area contributed by atoms with Gasteiger partial charge in [-0.2, -0.15) is 0 Å². The molecule has 0 bridgehead atoms. The number of rotatable bonds is 8. The van der Waals surface area contributed by atoms with Crippen molar-refractivity contribution in [2.75, 3.05) is 32.1 Å². The van der Waals surface area contributed by atoms with Crippen LogP contribution in [0.2, 0.25) is 0 Å². The molecule has 1 amide bonds. The van der Waals surface area contributed by atoms with Gasteiger partial charge >= 0.3 is 0 Å². The number of carbonyl (C=O) groups excluding carboxylic acids is 1. The van der Waals surface area contributed by atoms with Crippen LogP contribution in [0.5, 0.6) is 5.75 Å². The maximum atomic E-state index is 13.7. The summed E-state index contributed by atoms with van der Waals surface area (Å²) in [6.07, 6.45) is 0.214. The Morgan fingerprint density at radius 3 is 2.64 bits per heavy atom. The quantitative estimate of drug-likeness (QED) is 0.710. The molecule has 0 radical (unpaired) electrons. The summed E-state index contributed by atoms with van der Waals surface area (Å²) in [6, 6.07) is 10.7. The van der Waals surface area contributed by atoms with Crippen molar-refractivity contribution in [2.24, 2.45) is 0 Å². The van der Waals surface area contributed by atoms with E-state index in [4.69, 9.17) is 4.74 Å². The first-order valence-corrected chi connectivity index (χ1v) is 8.56. The Bertz CT molecular complexity index is 728. The zero-order valence-corrected chi connectivity index (χ0v) is 15.4. The van der Waals surface area contributed by atoms with E-state index in [-0.39, 0.29) is 23.8 Å². The van der Waals surface area contributed by atoms with Crippen LogP contribution < -0.4 is 10.1 Å². The maximum Gasteiger partial charge on any atom is 0.225 e. The molecular weight excluding hydrogens is 394 g/mol. The van der Waals surface area contributed by atoms with Crippen LogP contribution in [0.3, 0.4) is 0 Å². The number of anilines is 1. The van der Waals surface area contributed by atoms with Crippen molar-refractivity contribution >= 4 is 27.5 Å². The molecule has 0 aliphatic heterocycles. The number of benzene rings is 2. The number of ether oxygens (including phenoxy) is 1. The zero-order valence-electron chi connectivity index (χ0n) is 13.8. The molecule has 4 nitrogen and oxygen atoms in total. The lowest BCUT2D eigenvalue weighted by Gasteiger charge is -2.17. The van der Waals surface area contributed by atoms with Crippen molar-refractivity contribution in [2.45, 2.75) is 6.42 Å². The van der Waals surface area contributed by atoms with Gasteiger partial charge in [0.05, 0.1) is 5.69 Å². The SMILES string of the molecule is CN(CCOc1ccccc1F)CCC(=O)Nc1ccc(Br)cc1F. The van der Waals surface area contributed by atoms with Gasteiger partial charge in [-0.15, -0.1) is 0 Å². The number of amides is 1. The van der Waals surface area contributed by atoms with Gasteiger partial charge in [-0.3, -0.25) is 4.79 Å². The highest BCUT2D eigenvalue weighted by molar-refractivity contribution is 9.10. The number of nitrogens with zero attached hydrogens (tertiary/aromatic N) is 1. The Hall–Kier alpha value is -1.99. The average molecular weight is 413 g/mol. The summed E-state index contributed by atoms with van der Waals surface area (Å²) in [5.41, 5.74) is 0.152. The molecule has 0 heterocycles. The predicted molar refractivity (Wildman–Crippen MR) is 96.7 cm³/mol. The second-order valence-corrected chi connectivity index (χ2v) is 6.42. The Morgan fingerprint density at radius 2 is 1.92 bits per heavy atom. The second kappa shape index (κ2) is 9.48. The largest absolute Gasteiger partial charge is 0.489 e. The Labute approximate surface area is 153 Å². The summed E-state index contributed by atoms with van der Waals surface area (Å²) in [5.74, 6) is -0.960. The van der Waals surface area contributed by atoms with Crippen LogP contribution in [0.4, 0.5) is 14.5 Å². The minimum atomic E-state index is -0.491. The molecule has 7 heteroatoms. The lowest BCUT2D eigenvalue weighted by molar-refractivity contribution is -0.116. The molecule has 0 unspecified atom stereocenters. The molecule has 0 aromatic heterocycles. The second-order valence-electron chi connectivity index (χ2n) is 5.50. The molecule has 0 aliphatic rings. The minimum Gasteiger partial charge on any atom is -0.489 e. The zero-order chi connectivity index (χ0) is 18.2. The Morgan fingerprint density at radius 1 is 1.16 bits per heavy atom. The first kappa shape index (κ1) is 19.3. The van der Waals surface area contributed by atoms with Crippen LogP contribution >= 0.6 is 15.9 Å². The number of likely N-dealkylation sites (N-methyl/N-ethyl adjacent to an activating group) is 1. The molecule has 2 aromatic rings. The fraction of sp³-hybridized carbons (Fsp3) is 0.278. The van der Waals surface area contributed by atoms with Crippen LogP contribution in [-0.2, 0) is 4.79 Å². The van der Waals surface area contributed by atoms with Crippen molar-refractivity contribution in [1.82, 2.24) is 4.90 Å². The maximum absolute atomic E-state index is 13.7. The highest BCUT2D eigenvalue weighted by atomic mass is 79.9. The third kappa shape index (κ3) is 6.43. The number of para-hydroxylation sites is 1. The third-order valence-corrected chi connectivity index (χ3v) is 3.99. The average Bonchev–Trinajstić information content (AvgIpc) is 2.57. The third-order valence-electron chi connectivity index (χ3n) is 3.49. The van der Waals surface area contributed by atoms with Gasteiger partial charge in [-0.1, -0.05) is 28.1 Å². The number of nitrogens with one attached hydrogen (secondary N) is 1. The van der Waals surface area contributed by atoms with Gasteiger partial charge in [0.15, 0.2) is 11.6 Å². The normalized spacial score (nSPS) is 10.8. The standard InChI is InChI=1S/C18H19BrF2N2O2/c1-23(10-11-25-17-5-3-2-4-14(17)20)9-8-18(24)22-16-7-6-13(19)12-15(16)21/h2-7,12H,8-11H2,1H3,(H,22,24). The first-order valence-electron chi connectivity index (χ1n) is 7.76. The van der Waals surface area contributed by atoms with Crippen molar-refractivity contribution in [3.8, 4) is 5.75 Å². The van der Waals surface area contributed by atoms with Gasteiger partial charge in [-0.25, -0.2) is 8.78 Å². The van der Waals surface area contributed by atoms with Crippen LogP contribution in [0.15, 0.2) is 46.9 Å². The smallest absolute Gasteiger partial charge is 0.225 e. The van der Waals surface area contributed by atoms with Gasteiger partial charge in [-0.05, 0) is 37.4 Å². The van der Waals surface area contributed by atoms with E-state index >= 15 is 0 Å². The summed E-state index contributed by atoms with van der Waals surface area (Å²) in [7, 11) is 1.83. The lowest BCUT2D eigenvalue weighted by Crippen LogP contribution is -2.28. The van der Waals surface area contributed by atoms with Gasteiger partial charge < -0.3 is 15.0 Å². The highest BCUT2D eigenvalue weighted by Gasteiger charge is 2.09. The van der Waals surface area contributed by atoms with Gasteiger partial charge in [0, 0.05) is 24.0 Å². The summed E-state index contributed by atoms with van der Waals surface area (Å²) in [4.78, 5) is 13.8.